The Morgan fingerprint density at radius 3 is 2.79 bits per heavy atom. The summed E-state index contributed by atoms with van der Waals surface area (Å²) in [5.74, 6) is 1.50. The number of aldehydes is 1. The molecular formula is C23H24N4O2. The SMILES string of the molecule is C[C@H](Cc1nncn1C)c1cccc(CC(=O)c2ccc(C=O)c(C3CC3)n2)c1. The van der Waals surface area contributed by atoms with Crippen LogP contribution in [0.3, 0.4) is 0 Å². The minimum Gasteiger partial charge on any atom is -0.321 e. The number of nitrogens with zero attached hydrogens (tertiary/aromatic N) is 4. The van der Waals surface area contributed by atoms with E-state index in [4.69, 9.17) is 0 Å². The van der Waals surface area contributed by atoms with Crippen LogP contribution in [0.2, 0.25) is 0 Å². The molecular weight excluding hydrogens is 364 g/mol. The standard InChI is InChI=1S/C23H24N4O2/c1-15(10-22-26-24-14-27(22)2)18-5-3-4-16(11-18)12-21(29)20-9-8-19(13-28)23(25-20)17-6-7-17/h3-5,8-9,11,13-15,17H,6-7,10,12H2,1-2H3/t15-/m1/s1. The van der Waals surface area contributed by atoms with Gasteiger partial charge < -0.3 is 4.57 Å². The molecule has 29 heavy (non-hydrogen) atoms. The third-order valence-corrected chi connectivity index (χ3v) is 5.51. The van der Waals surface area contributed by atoms with E-state index in [-0.39, 0.29) is 11.7 Å². The molecule has 1 atom stereocenters. The predicted octanol–water partition coefficient (Wildman–Crippen LogP) is 3.67. The Balaban J connectivity index is 1.49. The highest BCUT2D eigenvalue weighted by molar-refractivity contribution is 5.96. The zero-order chi connectivity index (χ0) is 20.4. The van der Waals surface area contributed by atoms with E-state index in [9.17, 15) is 9.59 Å². The molecule has 6 nitrogen and oxygen atoms in total. The molecule has 0 N–H and O–H groups in total. The number of carbonyl (C=O) groups is 2. The second kappa shape index (κ2) is 8.07. The average Bonchev–Trinajstić information content (AvgIpc) is 3.51. The molecule has 2 heterocycles. The van der Waals surface area contributed by atoms with E-state index in [0.29, 0.717) is 23.6 Å². The molecule has 1 aromatic carbocycles. The molecule has 6 heteroatoms. The van der Waals surface area contributed by atoms with Gasteiger partial charge in [0.25, 0.3) is 0 Å². The molecule has 0 unspecified atom stereocenters. The van der Waals surface area contributed by atoms with Gasteiger partial charge in [-0.3, -0.25) is 9.59 Å². The molecule has 4 rings (SSSR count). The van der Waals surface area contributed by atoms with Crippen LogP contribution in [0.1, 0.15) is 75.1 Å². The summed E-state index contributed by atoms with van der Waals surface area (Å²) in [6.07, 6.45) is 5.69. The lowest BCUT2D eigenvalue weighted by Crippen LogP contribution is -2.10. The first-order chi connectivity index (χ1) is 14.0. The molecule has 1 fully saturated rings. The van der Waals surface area contributed by atoms with Crippen molar-refractivity contribution in [3.63, 3.8) is 0 Å². The number of aromatic nitrogens is 4. The lowest BCUT2D eigenvalue weighted by Gasteiger charge is -2.13. The number of rotatable bonds is 8. The summed E-state index contributed by atoms with van der Waals surface area (Å²) < 4.78 is 1.93. The quantitative estimate of drug-likeness (QED) is 0.435. The van der Waals surface area contributed by atoms with Gasteiger partial charge in [0.15, 0.2) is 12.1 Å². The highest BCUT2D eigenvalue weighted by Gasteiger charge is 2.28. The third-order valence-electron chi connectivity index (χ3n) is 5.51. The van der Waals surface area contributed by atoms with Crippen molar-refractivity contribution in [2.75, 3.05) is 0 Å². The van der Waals surface area contributed by atoms with E-state index < -0.39 is 0 Å². The fraction of sp³-hybridized carbons (Fsp3) is 0.348. The van der Waals surface area contributed by atoms with E-state index >= 15 is 0 Å². The van der Waals surface area contributed by atoms with Gasteiger partial charge in [-0.1, -0.05) is 31.2 Å². The monoisotopic (exact) mass is 388 g/mol. The first-order valence-electron chi connectivity index (χ1n) is 9.96. The molecule has 0 radical (unpaired) electrons. The Morgan fingerprint density at radius 2 is 2.10 bits per heavy atom. The first kappa shape index (κ1) is 19.2. The number of aryl methyl sites for hydroxylation is 1. The summed E-state index contributed by atoms with van der Waals surface area (Å²) in [5, 5.41) is 8.09. The topological polar surface area (TPSA) is 77.7 Å². The molecule has 0 aliphatic heterocycles. The van der Waals surface area contributed by atoms with Crippen LogP contribution in [0.5, 0.6) is 0 Å². The molecule has 0 amide bonds. The van der Waals surface area contributed by atoms with E-state index in [0.717, 1.165) is 42.6 Å². The summed E-state index contributed by atoms with van der Waals surface area (Å²) in [6.45, 7) is 2.15. The molecule has 0 bridgehead atoms. The van der Waals surface area contributed by atoms with E-state index in [1.165, 1.54) is 5.56 Å². The van der Waals surface area contributed by atoms with Gasteiger partial charge in [0, 0.05) is 31.4 Å². The molecule has 148 valence electrons. The van der Waals surface area contributed by atoms with Crippen molar-refractivity contribution < 1.29 is 9.59 Å². The van der Waals surface area contributed by atoms with Crippen LogP contribution in [0.25, 0.3) is 0 Å². The van der Waals surface area contributed by atoms with Crippen molar-refractivity contribution in [3.8, 4) is 0 Å². The Kier molecular flexibility index (Phi) is 5.34. The summed E-state index contributed by atoms with van der Waals surface area (Å²) in [4.78, 5) is 28.6. The molecule has 1 aliphatic carbocycles. The molecule has 2 aromatic heterocycles. The number of hydrogen-bond donors (Lipinski definition) is 0. The molecule has 1 saturated carbocycles. The Hall–Kier alpha value is -3.15. The maximum absolute atomic E-state index is 12.8. The number of ketones is 1. The maximum atomic E-state index is 12.8. The van der Waals surface area contributed by atoms with Crippen molar-refractivity contribution in [1.82, 2.24) is 19.7 Å². The molecule has 0 spiro atoms. The van der Waals surface area contributed by atoms with Crippen molar-refractivity contribution in [2.24, 2.45) is 7.05 Å². The largest absolute Gasteiger partial charge is 0.321 e. The van der Waals surface area contributed by atoms with Gasteiger partial charge in [0.05, 0.1) is 5.69 Å². The molecule has 3 aromatic rings. The van der Waals surface area contributed by atoms with Gasteiger partial charge in [-0.25, -0.2) is 4.98 Å². The van der Waals surface area contributed by atoms with Gasteiger partial charge in [-0.2, -0.15) is 0 Å². The molecule has 1 aliphatic rings. The molecule has 0 saturated heterocycles. The van der Waals surface area contributed by atoms with Crippen LogP contribution < -0.4 is 0 Å². The Morgan fingerprint density at radius 1 is 1.28 bits per heavy atom. The lowest BCUT2D eigenvalue weighted by atomic mass is 9.94. The lowest BCUT2D eigenvalue weighted by molar-refractivity contribution is 0.0986. The summed E-state index contributed by atoms with van der Waals surface area (Å²) in [5.41, 5.74) is 3.95. The van der Waals surface area contributed by atoms with Crippen molar-refractivity contribution in [2.45, 2.75) is 44.4 Å². The number of carbonyl (C=O) groups excluding carboxylic acids is 2. The van der Waals surface area contributed by atoms with Crippen LogP contribution >= 0.6 is 0 Å². The van der Waals surface area contributed by atoms with Crippen molar-refractivity contribution >= 4 is 12.1 Å². The van der Waals surface area contributed by atoms with Gasteiger partial charge >= 0.3 is 0 Å². The minimum absolute atomic E-state index is 0.0255. The van der Waals surface area contributed by atoms with E-state index in [1.807, 2.05) is 23.7 Å². The highest BCUT2D eigenvalue weighted by atomic mass is 16.1. The number of Topliss-reactive ketones (excluding diaryl/α,β-unsaturated/α-hetero) is 1. The average molecular weight is 388 g/mol. The third kappa shape index (κ3) is 4.31. The van der Waals surface area contributed by atoms with Crippen LogP contribution in [-0.2, 0) is 19.9 Å². The van der Waals surface area contributed by atoms with Crippen LogP contribution in [0.15, 0.2) is 42.7 Å². The second-order valence-electron chi connectivity index (χ2n) is 7.87. The van der Waals surface area contributed by atoms with Gasteiger partial charge in [-0.15, -0.1) is 10.2 Å². The fourth-order valence-corrected chi connectivity index (χ4v) is 3.59. The van der Waals surface area contributed by atoms with Gasteiger partial charge in [0.2, 0.25) is 0 Å². The predicted molar refractivity (Wildman–Crippen MR) is 109 cm³/mol. The number of hydrogen-bond acceptors (Lipinski definition) is 5. The highest BCUT2D eigenvalue weighted by Crippen LogP contribution is 2.40. The van der Waals surface area contributed by atoms with Crippen LogP contribution in [0, 0.1) is 0 Å². The minimum atomic E-state index is -0.0255. The summed E-state index contributed by atoms with van der Waals surface area (Å²) >= 11 is 0. The smallest absolute Gasteiger partial charge is 0.185 e. The van der Waals surface area contributed by atoms with Crippen LogP contribution in [0.4, 0.5) is 0 Å². The number of pyridine rings is 1. The van der Waals surface area contributed by atoms with Crippen molar-refractivity contribution in [3.05, 3.63) is 76.6 Å². The summed E-state index contributed by atoms with van der Waals surface area (Å²) in [6, 6.07) is 11.5. The first-order valence-corrected chi connectivity index (χ1v) is 9.96. The zero-order valence-corrected chi connectivity index (χ0v) is 16.7. The number of benzene rings is 1. The van der Waals surface area contributed by atoms with Crippen molar-refractivity contribution in [1.29, 1.82) is 0 Å². The fourth-order valence-electron chi connectivity index (χ4n) is 3.59. The maximum Gasteiger partial charge on any atom is 0.185 e. The van der Waals surface area contributed by atoms with E-state index in [1.54, 1.807) is 18.5 Å². The Labute approximate surface area is 170 Å². The Bertz CT molecular complexity index is 1050. The summed E-state index contributed by atoms with van der Waals surface area (Å²) in [7, 11) is 1.94. The normalized spacial score (nSPS) is 14.6. The van der Waals surface area contributed by atoms with E-state index in [2.05, 4.69) is 34.2 Å². The second-order valence-corrected chi connectivity index (χ2v) is 7.87. The van der Waals surface area contributed by atoms with Gasteiger partial charge in [0.1, 0.15) is 17.8 Å². The van der Waals surface area contributed by atoms with Crippen LogP contribution in [-0.4, -0.2) is 31.8 Å². The van der Waals surface area contributed by atoms with Gasteiger partial charge in [-0.05, 0) is 42.0 Å². The zero-order valence-electron chi connectivity index (χ0n) is 16.7.